The number of aliphatic carboxylic acids is 1. The molecule has 1 N–H and O–H groups in total. The maximum Gasteiger partial charge on any atom is 0.304 e. The fraction of sp³-hybridized carbons (Fsp3) is 0.286. The lowest BCUT2D eigenvalue weighted by molar-refractivity contribution is -0.140. The molecule has 0 aliphatic rings. The van der Waals surface area contributed by atoms with Gasteiger partial charge in [0.1, 0.15) is 0 Å². The summed E-state index contributed by atoms with van der Waals surface area (Å²) in [5, 5.41) is 8.67. The van der Waals surface area contributed by atoms with E-state index >= 15 is 0 Å². The highest BCUT2D eigenvalue weighted by atomic mass is 16.4. The Bertz CT molecular complexity index is 407. The van der Waals surface area contributed by atoms with Crippen molar-refractivity contribution >= 4 is 17.8 Å². The van der Waals surface area contributed by atoms with Gasteiger partial charge in [0.15, 0.2) is 5.78 Å². The molecule has 0 heterocycles. The second kappa shape index (κ2) is 6.63. The fourth-order valence-corrected chi connectivity index (χ4v) is 1.54. The number of hydrogen-bond donors (Lipinski definition) is 1. The summed E-state index contributed by atoms with van der Waals surface area (Å²) in [6, 6.07) is 9.46. The molecule has 0 aromatic heterocycles. The van der Waals surface area contributed by atoms with E-state index in [1.165, 1.54) is 6.08 Å². The van der Waals surface area contributed by atoms with Crippen LogP contribution in [0.5, 0.6) is 0 Å². The summed E-state index contributed by atoms with van der Waals surface area (Å²) in [7, 11) is 0. The molecule has 1 unspecified atom stereocenters. The van der Waals surface area contributed by atoms with Gasteiger partial charge >= 0.3 is 5.97 Å². The lowest BCUT2D eigenvalue weighted by Crippen LogP contribution is -2.15. The highest BCUT2D eigenvalue weighted by Gasteiger charge is 2.17. The summed E-state index contributed by atoms with van der Waals surface area (Å²) < 4.78 is 0. The van der Waals surface area contributed by atoms with Crippen molar-refractivity contribution in [1.82, 2.24) is 0 Å². The number of carboxylic acids is 1. The molecule has 90 valence electrons. The van der Waals surface area contributed by atoms with E-state index in [1.807, 2.05) is 37.3 Å². The standard InChI is InChI=1S/C14H16O3/c1-2-12(10-14(16)17)13(15)9-8-11-6-4-3-5-7-11/h3-9,12H,2,10H2,1H3,(H,16,17). The van der Waals surface area contributed by atoms with Crippen LogP contribution in [0.4, 0.5) is 0 Å². The van der Waals surface area contributed by atoms with Crippen LogP contribution in [0.25, 0.3) is 6.08 Å². The Morgan fingerprint density at radius 2 is 1.94 bits per heavy atom. The van der Waals surface area contributed by atoms with E-state index in [9.17, 15) is 9.59 Å². The van der Waals surface area contributed by atoms with Crippen molar-refractivity contribution in [2.45, 2.75) is 19.8 Å². The number of carboxylic acid groups (broad SMARTS) is 1. The minimum atomic E-state index is -0.932. The van der Waals surface area contributed by atoms with Crippen molar-refractivity contribution in [2.75, 3.05) is 0 Å². The molecule has 3 nitrogen and oxygen atoms in total. The Balaban J connectivity index is 2.64. The Labute approximate surface area is 101 Å². The van der Waals surface area contributed by atoms with Gasteiger partial charge in [-0.2, -0.15) is 0 Å². The first-order chi connectivity index (χ1) is 8.13. The zero-order valence-electron chi connectivity index (χ0n) is 9.80. The van der Waals surface area contributed by atoms with Crippen LogP contribution in [-0.4, -0.2) is 16.9 Å². The number of benzene rings is 1. The van der Waals surface area contributed by atoms with Crippen molar-refractivity contribution in [2.24, 2.45) is 5.92 Å². The number of ketones is 1. The third-order valence-electron chi connectivity index (χ3n) is 2.56. The Morgan fingerprint density at radius 3 is 2.47 bits per heavy atom. The van der Waals surface area contributed by atoms with Crippen LogP contribution < -0.4 is 0 Å². The van der Waals surface area contributed by atoms with Crippen molar-refractivity contribution in [3.8, 4) is 0 Å². The summed E-state index contributed by atoms with van der Waals surface area (Å²) in [5.74, 6) is -1.48. The van der Waals surface area contributed by atoms with E-state index in [2.05, 4.69) is 0 Å². The van der Waals surface area contributed by atoms with Gasteiger partial charge in [0.25, 0.3) is 0 Å². The molecular formula is C14H16O3. The molecule has 0 radical (unpaired) electrons. The van der Waals surface area contributed by atoms with Crippen LogP contribution >= 0.6 is 0 Å². The molecule has 0 bridgehead atoms. The van der Waals surface area contributed by atoms with Gasteiger partial charge < -0.3 is 5.11 Å². The highest BCUT2D eigenvalue weighted by Crippen LogP contribution is 2.11. The van der Waals surface area contributed by atoms with Gasteiger partial charge in [-0.3, -0.25) is 9.59 Å². The van der Waals surface area contributed by atoms with Gasteiger partial charge in [0.2, 0.25) is 0 Å². The molecule has 1 aromatic rings. The first-order valence-electron chi connectivity index (χ1n) is 5.62. The first kappa shape index (κ1) is 13.2. The van der Waals surface area contributed by atoms with Crippen LogP contribution in [0.1, 0.15) is 25.3 Å². The molecule has 0 aliphatic carbocycles. The summed E-state index contributed by atoms with van der Waals surface area (Å²) >= 11 is 0. The van der Waals surface area contributed by atoms with Gasteiger partial charge in [0, 0.05) is 5.92 Å². The summed E-state index contributed by atoms with van der Waals surface area (Å²) in [5.41, 5.74) is 0.936. The Hall–Kier alpha value is -1.90. The Morgan fingerprint density at radius 1 is 1.29 bits per heavy atom. The van der Waals surface area contributed by atoms with Crippen LogP contribution in [0.2, 0.25) is 0 Å². The van der Waals surface area contributed by atoms with E-state index in [4.69, 9.17) is 5.11 Å². The van der Waals surface area contributed by atoms with E-state index in [-0.39, 0.29) is 12.2 Å². The molecule has 17 heavy (non-hydrogen) atoms. The second-order valence-electron chi connectivity index (χ2n) is 3.85. The van der Waals surface area contributed by atoms with E-state index < -0.39 is 11.9 Å². The van der Waals surface area contributed by atoms with Crippen LogP contribution in [-0.2, 0) is 9.59 Å². The quantitative estimate of drug-likeness (QED) is 0.767. The number of allylic oxidation sites excluding steroid dienone is 1. The smallest absolute Gasteiger partial charge is 0.304 e. The highest BCUT2D eigenvalue weighted by molar-refractivity contribution is 5.96. The second-order valence-corrected chi connectivity index (χ2v) is 3.85. The zero-order chi connectivity index (χ0) is 12.7. The van der Waals surface area contributed by atoms with Gasteiger partial charge in [-0.05, 0) is 18.1 Å². The predicted molar refractivity (Wildman–Crippen MR) is 66.5 cm³/mol. The molecule has 1 aromatic carbocycles. The number of carbonyl (C=O) groups is 2. The lowest BCUT2D eigenvalue weighted by atomic mass is 9.96. The average molecular weight is 232 g/mol. The van der Waals surface area contributed by atoms with Crippen LogP contribution in [0.15, 0.2) is 36.4 Å². The normalized spacial score (nSPS) is 12.5. The molecule has 0 saturated heterocycles. The van der Waals surface area contributed by atoms with Gasteiger partial charge in [0.05, 0.1) is 6.42 Å². The van der Waals surface area contributed by atoms with Crippen molar-refractivity contribution in [3.05, 3.63) is 42.0 Å². The minimum absolute atomic E-state index is 0.103. The maximum atomic E-state index is 11.7. The average Bonchev–Trinajstić information content (AvgIpc) is 2.34. The summed E-state index contributed by atoms with van der Waals surface area (Å²) in [6.45, 7) is 1.82. The van der Waals surface area contributed by atoms with E-state index in [0.717, 1.165) is 5.56 Å². The van der Waals surface area contributed by atoms with Crippen LogP contribution in [0, 0.1) is 5.92 Å². The van der Waals surface area contributed by atoms with Gasteiger partial charge in [-0.15, -0.1) is 0 Å². The van der Waals surface area contributed by atoms with E-state index in [1.54, 1.807) is 6.08 Å². The molecule has 0 saturated carbocycles. The lowest BCUT2D eigenvalue weighted by Gasteiger charge is -2.07. The molecule has 3 heteroatoms. The molecule has 0 fully saturated rings. The topological polar surface area (TPSA) is 54.4 Å². The van der Waals surface area contributed by atoms with Gasteiger partial charge in [-0.25, -0.2) is 0 Å². The molecule has 0 aliphatic heterocycles. The van der Waals surface area contributed by atoms with Crippen LogP contribution in [0.3, 0.4) is 0 Å². The van der Waals surface area contributed by atoms with Crippen molar-refractivity contribution in [3.63, 3.8) is 0 Å². The first-order valence-corrected chi connectivity index (χ1v) is 5.62. The third-order valence-corrected chi connectivity index (χ3v) is 2.56. The van der Waals surface area contributed by atoms with Gasteiger partial charge in [-0.1, -0.05) is 43.3 Å². The molecule has 0 amide bonds. The molecular weight excluding hydrogens is 216 g/mol. The largest absolute Gasteiger partial charge is 0.481 e. The fourth-order valence-electron chi connectivity index (χ4n) is 1.54. The van der Waals surface area contributed by atoms with Crippen molar-refractivity contribution in [1.29, 1.82) is 0 Å². The number of carbonyl (C=O) groups excluding carboxylic acids is 1. The molecule has 1 rings (SSSR count). The third kappa shape index (κ3) is 4.64. The van der Waals surface area contributed by atoms with Crippen molar-refractivity contribution < 1.29 is 14.7 Å². The zero-order valence-corrected chi connectivity index (χ0v) is 9.80. The molecule has 1 atom stereocenters. The SMILES string of the molecule is CCC(CC(=O)O)C(=O)C=Cc1ccccc1. The monoisotopic (exact) mass is 232 g/mol. The van der Waals surface area contributed by atoms with E-state index in [0.29, 0.717) is 6.42 Å². The summed E-state index contributed by atoms with van der Waals surface area (Å²) in [4.78, 5) is 22.3. The predicted octanol–water partition coefficient (Wildman–Crippen LogP) is 2.77. The maximum absolute atomic E-state index is 11.7. The number of rotatable bonds is 6. The minimum Gasteiger partial charge on any atom is -0.481 e. The molecule has 0 spiro atoms. The summed E-state index contributed by atoms with van der Waals surface area (Å²) in [6.07, 6.45) is 3.62. The number of hydrogen-bond acceptors (Lipinski definition) is 2. The Kier molecular flexibility index (Phi) is 5.14.